The fraction of sp³-hybridized carbons (Fsp3) is 0.200. The molecule has 34 heavy (non-hydrogen) atoms. The minimum atomic E-state index is -3.66. The molecule has 2 amide bonds. The first-order chi connectivity index (χ1) is 16.3. The van der Waals surface area contributed by atoms with Crippen molar-refractivity contribution in [3.05, 3.63) is 83.4 Å². The summed E-state index contributed by atoms with van der Waals surface area (Å²) >= 11 is 0. The van der Waals surface area contributed by atoms with E-state index in [0.29, 0.717) is 35.6 Å². The summed E-state index contributed by atoms with van der Waals surface area (Å²) in [4.78, 5) is 24.4. The molecule has 0 saturated heterocycles. The van der Waals surface area contributed by atoms with E-state index in [9.17, 15) is 18.0 Å². The number of rotatable bonds is 6. The summed E-state index contributed by atoms with van der Waals surface area (Å²) < 4.78 is 32.5. The molecule has 0 atom stereocenters. The first-order valence-corrected chi connectivity index (χ1v) is 12.3. The quantitative estimate of drug-likeness (QED) is 0.504. The molecule has 3 aromatic rings. The minimum Gasteiger partial charge on any atom is -0.462 e. The summed E-state index contributed by atoms with van der Waals surface area (Å²) in [6.45, 7) is 4.27. The lowest BCUT2D eigenvalue weighted by Crippen LogP contribution is -2.29. The molecular formula is C25H25N3O5S. The van der Waals surface area contributed by atoms with E-state index >= 15 is 0 Å². The van der Waals surface area contributed by atoms with Crippen LogP contribution in [0, 0.1) is 6.92 Å². The molecule has 0 unspecified atom stereocenters. The number of ether oxygens (including phenoxy) is 1. The van der Waals surface area contributed by atoms with Crippen LogP contribution in [0.1, 0.15) is 28.4 Å². The van der Waals surface area contributed by atoms with Crippen LogP contribution in [-0.2, 0) is 21.2 Å². The number of hydrogen-bond acceptors (Lipinski definition) is 5. The fourth-order valence-electron chi connectivity index (χ4n) is 3.73. The molecule has 9 heteroatoms. The number of carbonyl (C=O) groups excluding carboxylic acids is 2. The molecule has 0 saturated carbocycles. The second-order valence-electron chi connectivity index (χ2n) is 7.86. The topological polar surface area (TPSA) is 105 Å². The minimum absolute atomic E-state index is 0.251. The Morgan fingerprint density at radius 1 is 0.941 bits per heavy atom. The Labute approximate surface area is 198 Å². The Kier molecular flexibility index (Phi) is 6.56. The van der Waals surface area contributed by atoms with E-state index in [1.807, 2.05) is 6.92 Å². The number of amides is 2. The lowest BCUT2D eigenvalue weighted by molar-refractivity contribution is 0.0526. The number of aryl methyl sites for hydroxylation is 1. The first-order valence-electron chi connectivity index (χ1n) is 10.9. The number of sulfonamides is 1. The van der Waals surface area contributed by atoms with Gasteiger partial charge in [0.2, 0.25) is 0 Å². The molecule has 4 rings (SSSR count). The number of esters is 1. The van der Waals surface area contributed by atoms with Gasteiger partial charge in [0, 0.05) is 17.9 Å². The Balaban J connectivity index is 1.43. The van der Waals surface area contributed by atoms with Crippen LogP contribution >= 0.6 is 0 Å². The average Bonchev–Trinajstić information content (AvgIpc) is 3.24. The highest BCUT2D eigenvalue weighted by Crippen LogP contribution is 2.34. The van der Waals surface area contributed by atoms with Gasteiger partial charge in [-0.25, -0.2) is 18.0 Å². The number of nitrogens with one attached hydrogen (secondary N) is 2. The summed E-state index contributed by atoms with van der Waals surface area (Å²) in [7, 11) is -3.66. The molecule has 1 aliphatic heterocycles. The van der Waals surface area contributed by atoms with Gasteiger partial charge in [-0.15, -0.1) is 0 Å². The summed E-state index contributed by atoms with van der Waals surface area (Å²) in [5, 5.41) is 5.47. The van der Waals surface area contributed by atoms with Crippen LogP contribution in [0.25, 0.3) is 0 Å². The fourth-order valence-corrected chi connectivity index (χ4v) is 5.24. The van der Waals surface area contributed by atoms with Gasteiger partial charge in [-0.1, -0.05) is 17.7 Å². The second kappa shape index (κ2) is 9.56. The summed E-state index contributed by atoms with van der Waals surface area (Å²) in [5.74, 6) is -0.421. The van der Waals surface area contributed by atoms with Crippen LogP contribution in [-0.4, -0.2) is 33.6 Å². The number of carbonyl (C=O) groups is 2. The third-order valence-corrected chi connectivity index (χ3v) is 7.28. The van der Waals surface area contributed by atoms with Gasteiger partial charge in [-0.05, 0) is 80.4 Å². The number of fused-ring (bicyclic) bond motifs is 1. The van der Waals surface area contributed by atoms with Crippen molar-refractivity contribution in [1.82, 2.24) is 0 Å². The number of nitrogens with zero attached hydrogens (tertiary/aromatic N) is 1. The zero-order valence-corrected chi connectivity index (χ0v) is 19.7. The van der Waals surface area contributed by atoms with E-state index in [-0.39, 0.29) is 11.5 Å². The van der Waals surface area contributed by atoms with Crippen molar-refractivity contribution in [2.45, 2.75) is 25.2 Å². The highest BCUT2D eigenvalue weighted by molar-refractivity contribution is 7.92. The molecule has 2 N–H and O–H groups in total. The first kappa shape index (κ1) is 23.3. The Morgan fingerprint density at radius 3 is 2.26 bits per heavy atom. The molecule has 1 heterocycles. The van der Waals surface area contributed by atoms with Crippen molar-refractivity contribution in [2.24, 2.45) is 0 Å². The largest absolute Gasteiger partial charge is 0.462 e. The predicted octanol–water partition coefficient (Wildman–Crippen LogP) is 4.57. The molecule has 0 aromatic heterocycles. The number of anilines is 3. The van der Waals surface area contributed by atoms with Gasteiger partial charge in [-0.2, -0.15) is 0 Å². The molecule has 0 radical (unpaired) electrons. The summed E-state index contributed by atoms with van der Waals surface area (Å²) in [6, 6.07) is 17.9. The second-order valence-corrected chi connectivity index (χ2v) is 9.72. The number of hydrogen-bond donors (Lipinski definition) is 2. The van der Waals surface area contributed by atoms with Crippen LogP contribution in [0.5, 0.6) is 0 Å². The maximum atomic E-state index is 13.1. The summed E-state index contributed by atoms with van der Waals surface area (Å²) in [5.41, 5.74) is 3.91. The van der Waals surface area contributed by atoms with Gasteiger partial charge in [0.25, 0.3) is 10.0 Å². The van der Waals surface area contributed by atoms with Gasteiger partial charge in [0.1, 0.15) is 0 Å². The van der Waals surface area contributed by atoms with E-state index < -0.39 is 22.0 Å². The Bertz CT molecular complexity index is 1320. The van der Waals surface area contributed by atoms with E-state index in [0.717, 1.165) is 11.1 Å². The van der Waals surface area contributed by atoms with E-state index in [4.69, 9.17) is 4.74 Å². The maximum Gasteiger partial charge on any atom is 0.338 e. The molecule has 0 bridgehead atoms. The highest BCUT2D eigenvalue weighted by Gasteiger charge is 2.31. The molecule has 1 aliphatic rings. The van der Waals surface area contributed by atoms with E-state index in [2.05, 4.69) is 10.6 Å². The lowest BCUT2D eigenvalue weighted by Gasteiger charge is -2.20. The van der Waals surface area contributed by atoms with Crippen molar-refractivity contribution in [2.75, 3.05) is 28.1 Å². The Hall–Kier alpha value is -3.85. The van der Waals surface area contributed by atoms with Crippen molar-refractivity contribution in [3.63, 3.8) is 0 Å². The van der Waals surface area contributed by atoms with Crippen LogP contribution in [0.2, 0.25) is 0 Å². The van der Waals surface area contributed by atoms with Crippen LogP contribution in [0.3, 0.4) is 0 Å². The van der Waals surface area contributed by atoms with Crippen LogP contribution in [0.15, 0.2) is 71.6 Å². The monoisotopic (exact) mass is 479 g/mol. The predicted molar refractivity (Wildman–Crippen MR) is 131 cm³/mol. The zero-order valence-electron chi connectivity index (χ0n) is 18.9. The van der Waals surface area contributed by atoms with E-state index in [1.54, 1.807) is 73.7 Å². The van der Waals surface area contributed by atoms with Crippen molar-refractivity contribution in [1.29, 1.82) is 0 Å². The lowest BCUT2D eigenvalue weighted by atomic mass is 10.1. The molecule has 176 valence electrons. The average molecular weight is 480 g/mol. The number of benzene rings is 3. The van der Waals surface area contributed by atoms with Crippen molar-refractivity contribution >= 4 is 39.1 Å². The van der Waals surface area contributed by atoms with E-state index in [1.165, 1.54) is 4.31 Å². The highest BCUT2D eigenvalue weighted by atomic mass is 32.2. The standard InChI is InChI=1S/C25H25N3O5S/c1-3-33-24(29)18-6-8-20(9-7-18)26-25(30)27-21-10-13-23-19(16-21)14-15-28(23)34(31,32)22-11-4-17(2)5-12-22/h4-13,16H,3,14-15H2,1-2H3,(H2,26,27,30). The molecule has 0 aliphatic carbocycles. The molecule has 0 fully saturated rings. The van der Waals surface area contributed by atoms with Crippen molar-refractivity contribution < 1.29 is 22.7 Å². The molecule has 8 nitrogen and oxygen atoms in total. The van der Waals surface area contributed by atoms with Gasteiger partial charge in [0.15, 0.2) is 0 Å². The van der Waals surface area contributed by atoms with Crippen molar-refractivity contribution in [3.8, 4) is 0 Å². The van der Waals surface area contributed by atoms with Gasteiger partial charge >= 0.3 is 12.0 Å². The molecular weight excluding hydrogens is 454 g/mol. The molecule has 3 aromatic carbocycles. The Morgan fingerprint density at radius 2 is 1.59 bits per heavy atom. The summed E-state index contributed by atoms with van der Waals surface area (Å²) in [6.07, 6.45) is 0.548. The SMILES string of the molecule is CCOC(=O)c1ccc(NC(=O)Nc2ccc3c(c2)CCN3S(=O)(=O)c2ccc(C)cc2)cc1. The third-order valence-electron chi connectivity index (χ3n) is 5.45. The number of urea groups is 1. The van der Waals surface area contributed by atoms with Gasteiger partial charge in [0.05, 0.1) is 22.8 Å². The van der Waals surface area contributed by atoms with Gasteiger partial charge < -0.3 is 15.4 Å². The third kappa shape index (κ3) is 4.89. The van der Waals surface area contributed by atoms with Gasteiger partial charge in [-0.3, -0.25) is 4.31 Å². The van der Waals surface area contributed by atoms with Crippen LogP contribution in [0.4, 0.5) is 21.9 Å². The zero-order chi connectivity index (χ0) is 24.3. The molecule has 0 spiro atoms. The smallest absolute Gasteiger partial charge is 0.338 e. The normalized spacial score (nSPS) is 12.7. The van der Waals surface area contributed by atoms with Crippen LogP contribution < -0.4 is 14.9 Å². The maximum absolute atomic E-state index is 13.1.